The van der Waals surface area contributed by atoms with E-state index in [0.717, 1.165) is 44.6 Å². The second-order valence-electron chi connectivity index (χ2n) is 7.88. The fourth-order valence-electron chi connectivity index (χ4n) is 4.32. The third-order valence-electron chi connectivity index (χ3n) is 5.68. The van der Waals surface area contributed by atoms with Gasteiger partial charge in [0.1, 0.15) is 6.04 Å². The maximum atomic E-state index is 4.91. The number of hydrogen-bond donors (Lipinski definition) is 0. The minimum absolute atomic E-state index is 0.0410. The summed E-state index contributed by atoms with van der Waals surface area (Å²) in [7, 11) is 0. The lowest BCUT2D eigenvalue weighted by Crippen LogP contribution is -2.33. The second kappa shape index (κ2) is 10.9. The topological polar surface area (TPSA) is 28.0 Å². The molecular formula is C27H35N3. The maximum Gasteiger partial charge on any atom is 0.154 e. The van der Waals surface area contributed by atoms with E-state index >= 15 is 0 Å². The smallest absolute Gasteiger partial charge is 0.154 e. The van der Waals surface area contributed by atoms with E-state index in [1.165, 1.54) is 21.6 Å². The van der Waals surface area contributed by atoms with Gasteiger partial charge in [-0.15, -0.1) is 5.11 Å². The first-order valence-electron chi connectivity index (χ1n) is 11.4. The van der Waals surface area contributed by atoms with Gasteiger partial charge in [-0.3, -0.25) is 0 Å². The van der Waals surface area contributed by atoms with Crippen LogP contribution in [0.25, 0.3) is 12.2 Å². The zero-order valence-electron chi connectivity index (χ0n) is 18.7. The summed E-state index contributed by atoms with van der Waals surface area (Å²) in [4.78, 5) is 2.37. The third kappa shape index (κ3) is 4.72. The average molecular weight is 402 g/mol. The van der Waals surface area contributed by atoms with Crippen molar-refractivity contribution in [3.63, 3.8) is 0 Å². The number of azo groups is 1. The van der Waals surface area contributed by atoms with Gasteiger partial charge in [0, 0.05) is 24.6 Å². The largest absolute Gasteiger partial charge is 0.355 e. The van der Waals surface area contributed by atoms with Gasteiger partial charge in [-0.25, -0.2) is 0 Å². The summed E-state index contributed by atoms with van der Waals surface area (Å²) < 4.78 is 0. The minimum Gasteiger partial charge on any atom is -0.355 e. The SMILES string of the molecule is C=CC1=C(N(CCC)CCC)N=NC(c2cccc3c2=CC=CCC=3)C1/C=C\CC. The highest BCUT2D eigenvalue weighted by Gasteiger charge is 2.31. The first kappa shape index (κ1) is 22.0. The second-order valence-corrected chi connectivity index (χ2v) is 7.88. The van der Waals surface area contributed by atoms with E-state index in [9.17, 15) is 0 Å². The van der Waals surface area contributed by atoms with Gasteiger partial charge in [0.25, 0.3) is 0 Å². The van der Waals surface area contributed by atoms with Crippen LogP contribution in [0.1, 0.15) is 58.1 Å². The van der Waals surface area contributed by atoms with Crippen LogP contribution in [0.4, 0.5) is 0 Å². The quantitative estimate of drug-likeness (QED) is 0.479. The summed E-state index contributed by atoms with van der Waals surface area (Å²) in [5, 5.41) is 12.2. The fourth-order valence-corrected chi connectivity index (χ4v) is 4.32. The van der Waals surface area contributed by atoms with E-state index in [4.69, 9.17) is 10.2 Å². The van der Waals surface area contributed by atoms with Crippen LogP contribution in [0, 0.1) is 5.92 Å². The van der Waals surface area contributed by atoms with Crippen molar-refractivity contribution in [2.75, 3.05) is 13.1 Å². The Morgan fingerprint density at radius 2 is 1.97 bits per heavy atom. The zero-order valence-corrected chi connectivity index (χ0v) is 18.7. The zero-order chi connectivity index (χ0) is 21.3. The van der Waals surface area contributed by atoms with Crippen molar-refractivity contribution in [2.24, 2.45) is 16.1 Å². The van der Waals surface area contributed by atoms with Crippen molar-refractivity contribution in [1.82, 2.24) is 4.90 Å². The molecule has 0 saturated heterocycles. The highest BCUT2D eigenvalue weighted by Crippen LogP contribution is 2.39. The highest BCUT2D eigenvalue weighted by molar-refractivity contribution is 5.48. The van der Waals surface area contributed by atoms with Crippen LogP contribution in [-0.4, -0.2) is 18.0 Å². The van der Waals surface area contributed by atoms with Crippen LogP contribution >= 0.6 is 0 Å². The van der Waals surface area contributed by atoms with E-state index in [1.54, 1.807) is 0 Å². The Hall–Kier alpha value is -2.68. The number of fused-ring (bicyclic) bond motifs is 1. The van der Waals surface area contributed by atoms with E-state index in [0.29, 0.717) is 0 Å². The van der Waals surface area contributed by atoms with E-state index < -0.39 is 0 Å². The van der Waals surface area contributed by atoms with Crippen molar-refractivity contribution in [3.05, 3.63) is 82.6 Å². The van der Waals surface area contributed by atoms with E-state index in [2.05, 4.69) is 86.9 Å². The van der Waals surface area contributed by atoms with Gasteiger partial charge in [0.15, 0.2) is 5.82 Å². The molecule has 1 aliphatic heterocycles. The normalized spacial score (nSPS) is 20.5. The molecule has 0 radical (unpaired) electrons. The van der Waals surface area contributed by atoms with Crippen LogP contribution in [0.2, 0.25) is 0 Å². The van der Waals surface area contributed by atoms with Gasteiger partial charge in [-0.05, 0) is 41.7 Å². The molecule has 2 aliphatic rings. The molecule has 0 saturated carbocycles. The van der Waals surface area contributed by atoms with Gasteiger partial charge in [0.2, 0.25) is 0 Å². The average Bonchev–Trinajstić information content (AvgIpc) is 3.02. The van der Waals surface area contributed by atoms with Gasteiger partial charge in [-0.2, -0.15) is 5.11 Å². The minimum atomic E-state index is -0.0410. The van der Waals surface area contributed by atoms with Crippen molar-refractivity contribution in [2.45, 2.75) is 52.5 Å². The number of hydrogen-bond acceptors (Lipinski definition) is 3. The van der Waals surface area contributed by atoms with Crippen molar-refractivity contribution >= 4 is 12.2 Å². The molecule has 0 spiro atoms. The number of nitrogens with zero attached hydrogens (tertiary/aromatic N) is 3. The summed E-state index contributed by atoms with van der Waals surface area (Å²) in [5.41, 5.74) is 2.42. The van der Waals surface area contributed by atoms with Crippen LogP contribution < -0.4 is 10.4 Å². The first-order chi connectivity index (χ1) is 14.7. The van der Waals surface area contributed by atoms with E-state index in [-0.39, 0.29) is 12.0 Å². The molecule has 0 aromatic heterocycles. The Morgan fingerprint density at radius 1 is 1.17 bits per heavy atom. The molecule has 1 aromatic rings. The monoisotopic (exact) mass is 401 g/mol. The molecule has 158 valence electrons. The lowest BCUT2D eigenvalue weighted by Gasteiger charge is -2.33. The maximum absolute atomic E-state index is 4.91. The fraction of sp³-hybridized carbons (Fsp3) is 0.407. The molecule has 0 amide bonds. The summed E-state index contributed by atoms with van der Waals surface area (Å²) >= 11 is 0. The van der Waals surface area contributed by atoms with Crippen molar-refractivity contribution < 1.29 is 0 Å². The van der Waals surface area contributed by atoms with Crippen LogP contribution in [0.3, 0.4) is 0 Å². The predicted molar refractivity (Wildman–Crippen MR) is 128 cm³/mol. The summed E-state index contributed by atoms with van der Waals surface area (Å²) in [6.45, 7) is 12.8. The lowest BCUT2D eigenvalue weighted by molar-refractivity contribution is 0.319. The Balaban J connectivity index is 2.14. The van der Waals surface area contributed by atoms with Gasteiger partial charge in [-0.1, -0.05) is 88.1 Å². The number of benzene rings is 1. The van der Waals surface area contributed by atoms with Gasteiger partial charge in [0.05, 0.1) is 0 Å². The molecular weight excluding hydrogens is 366 g/mol. The molecule has 3 nitrogen and oxygen atoms in total. The molecule has 2 unspecified atom stereocenters. The predicted octanol–water partition coefficient (Wildman–Crippen LogP) is 5.82. The molecule has 30 heavy (non-hydrogen) atoms. The van der Waals surface area contributed by atoms with Crippen molar-refractivity contribution in [1.29, 1.82) is 0 Å². The summed E-state index contributed by atoms with van der Waals surface area (Å²) in [6.07, 6.45) is 19.6. The molecule has 1 aliphatic carbocycles. The molecule has 0 fully saturated rings. The molecule has 3 heteroatoms. The van der Waals surface area contributed by atoms with Crippen LogP contribution in [-0.2, 0) is 0 Å². The molecule has 1 aromatic carbocycles. The molecule has 3 rings (SSSR count). The lowest BCUT2D eigenvalue weighted by atomic mass is 9.84. The Labute approximate surface area is 181 Å². The highest BCUT2D eigenvalue weighted by atomic mass is 15.3. The van der Waals surface area contributed by atoms with Gasteiger partial charge >= 0.3 is 0 Å². The Morgan fingerprint density at radius 3 is 2.67 bits per heavy atom. The standard InChI is InChI=1S/C27H35N3/c1-5-9-16-24-22(8-4)27(30(19-6-2)20-7-3)29-28-26(24)25-18-13-15-21-14-11-10-12-17-23(21)25/h8-10,12-18,24,26H,4-7,11,19-20H2,1-3H3/b16-9-. The molecule has 0 N–H and O–H groups in total. The molecule has 0 bridgehead atoms. The van der Waals surface area contributed by atoms with Crippen LogP contribution in [0.5, 0.6) is 0 Å². The summed E-state index contributed by atoms with van der Waals surface area (Å²) in [6, 6.07) is 6.51. The molecule has 2 atom stereocenters. The molecule has 1 heterocycles. The summed E-state index contributed by atoms with van der Waals surface area (Å²) in [5.74, 6) is 1.13. The van der Waals surface area contributed by atoms with E-state index in [1.807, 2.05) is 6.08 Å². The third-order valence-corrected chi connectivity index (χ3v) is 5.68. The Kier molecular flexibility index (Phi) is 8.01. The van der Waals surface area contributed by atoms with Gasteiger partial charge < -0.3 is 4.90 Å². The Bertz CT molecular complexity index is 972. The number of rotatable bonds is 9. The van der Waals surface area contributed by atoms with Crippen molar-refractivity contribution in [3.8, 4) is 0 Å². The number of allylic oxidation sites excluding steroid dienone is 4. The van der Waals surface area contributed by atoms with Crippen LogP contribution in [0.15, 0.2) is 76.8 Å². The first-order valence-corrected chi connectivity index (χ1v) is 11.4.